The molecule has 0 spiro atoms. The van der Waals surface area contributed by atoms with Crippen LogP contribution in [0.15, 0.2) is 23.1 Å². The van der Waals surface area contributed by atoms with E-state index in [4.69, 9.17) is 12.2 Å². The molecule has 27 heavy (non-hydrogen) atoms. The lowest BCUT2D eigenvalue weighted by Gasteiger charge is -2.32. The number of hydrogen-bond acceptors (Lipinski definition) is 6. The average molecular weight is 412 g/mol. The van der Waals surface area contributed by atoms with Crippen molar-refractivity contribution >= 4 is 46.2 Å². The summed E-state index contributed by atoms with van der Waals surface area (Å²) < 4.78 is 27.8. The number of rotatable bonds is 4. The fraction of sp³-hybridized carbons (Fsp3) is 0.353. The summed E-state index contributed by atoms with van der Waals surface area (Å²) >= 11 is 6.07. The quantitative estimate of drug-likeness (QED) is 0.597. The third-order valence-electron chi connectivity index (χ3n) is 4.24. The van der Waals surface area contributed by atoms with Crippen molar-refractivity contribution in [1.29, 1.82) is 0 Å². The molecule has 2 fully saturated rings. The van der Waals surface area contributed by atoms with E-state index in [1.165, 1.54) is 6.07 Å². The molecule has 0 atom stereocenters. The van der Waals surface area contributed by atoms with E-state index in [0.717, 1.165) is 48.0 Å². The maximum atomic E-state index is 13.8. The molecule has 3 rings (SSSR count). The van der Waals surface area contributed by atoms with Crippen LogP contribution in [0.5, 0.6) is 0 Å². The predicted molar refractivity (Wildman–Crippen MR) is 103 cm³/mol. The summed E-state index contributed by atoms with van der Waals surface area (Å²) in [7, 11) is 2.00. The summed E-state index contributed by atoms with van der Waals surface area (Å²) in [5.74, 6) is -2.45. The number of piperazine rings is 1. The van der Waals surface area contributed by atoms with Crippen LogP contribution in [0.3, 0.4) is 0 Å². The van der Waals surface area contributed by atoms with E-state index in [0.29, 0.717) is 13.1 Å². The van der Waals surface area contributed by atoms with Gasteiger partial charge in [-0.2, -0.15) is 0 Å². The van der Waals surface area contributed by atoms with E-state index in [-0.39, 0.29) is 27.2 Å². The number of hydrogen-bond donors (Lipinski definition) is 1. The zero-order chi connectivity index (χ0) is 19.6. The van der Waals surface area contributed by atoms with E-state index in [1.807, 2.05) is 7.05 Å². The van der Waals surface area contributed by atoms with Gasteiger partial charge >= 0.3 is 0 Å². The zero-order valence-corrected chi connectivity index (χ0v) is 16.2. The molecule has 1 N–H and O–H groups in total. The molecule has 0 aliphatic carbocycles. The molecule has 0 saturated carbocycles. The largest absolute Gasteiger partial charge is 0.304 e. The first-order chi connectivity index (χ1) is 12.8. The molecule has 2 aliphatic rings. The van der Waals surface area contributed by atoms with Gasteiger partial charge in [0.1, 0.15) is 22.5 Å². The number of thioether (sulfide) groups is 1. The van der Waals surface area contributed by atoms with Gasteiger partial charge in [0.05, 0.1) is 4.91 Å². The van der Waals surface area contributed by atoms with Gasteiger partial charge < -0.3 is 4.90 Å². The number of amides is 2. The highest BCUT2D eigenvalue weighted by Crippen LogP contribution is 2.33. The second-order valence-electron chi connectivity index (χ2n) is 6.23. The number of carbonyl (C=O) groups excluding carboxylic acids is 2. The second-order valence-corrected chi connectivity index (χ2v) is 7.90. The van der Waals surface area contributed by atoms with Crippen LogP contribution in [0.4, 0.5) is 8.78 Å². The average Bonchev–Trinajstić information content (AvgIpc) is 2.88. The molecule has 6 nitrogen and oxygen atoms in total. The molecular formula is C17H18F2N4O2S2. The molecular weight excluding hydrogens is 394 g/mol. The molecule has 2 aliphatic heterocycles. The van der Waals surface area contributed by atoms with Gasteiger partial charge in [0.2, 0.25) is 0 Å². The van der Waals surface area contributed by atoms with Crippen molar-refractivity contribution in [3.05, 3.63) is 40.3 Å². The fourth-order valence-electron chi connectivity index (χ4n) is 2.69. The van der Waals surface area contributed by atoms with Crippen molar-refractivity contribution in [3.8, 4) is 0 Å². The summed E-state index contributed by atoms with van der Waals surface area (Å²) in [6.07, 6.45) is 1.13. The van der Waals surface area contributed by atoms with Crippen LogP contribution in [0.25, 0.3) is 6.08 Å². The molecule has 0 bridgehead atoms. The Bertz CT molecular complexity index is 790. The van der Waals surface area contributed by atoms with Crippen LogP contribution in [0.1, 0.15) is 5.56 Å². The van der Waals surface area contributed by atoms with Gasteiger partial charge in [-0.05, 0) is 25.3 Å². The minimum absolute atomic E-state index is 0.0800. The Hall–Kier alpha value is -1.88. The first-order valence-corrected chi connectivity index (χ1v) is 9.50. The topological polar surface area (TPSA) is 55.9 Å². The van der Waals surface area contributed by atoms with E-state index in [2.05, 4.69) is 10.3 Å². The van der Waals surface area contributed by atoms with Crippen molar-refractivity contribution in [2.75, 3.05) is 39.8 Å². The van der Waals surface area contributed by atoms with Crippen LogP contribution in [0.2, 0.25) is 0 Å². The number of hydrazine groups is 1. The molecule has 0 radical (unpaired) electrons. The van der Waals surface area contributed by atoms with E-state index < -0.39 is 17.5 Å². The highest BCUT2D eigenvalue weighted by molar-refractivity contribution is 8.26. The minimum Gasteiger partial charge on any atom is -0.304 e. The van der Waals surface area contributed by atoms with Crippen molar-refractivity contribution in [3.63, 3.8) is 0 Å². The number of benzene rings is 1. The molecule has 1 aromatic carbocycles. The van der Waals surface area contributed by atoms with Crippen LogP contribution >= 0.6 is 24.0 Å². The molecule has 1 aromatic rings. The Kier molecular flexibility index (Phi) is 6.20. The number of nitrogens with zero attached hydrogens (tertiary/aromatic N) is 3. The van der Waals surface area contributed by atoms with Gasteiger partial charge in [0.15, 0.2) is 0 Å². The normalized spacial score (nSPS) is 20.6. The van der Waals surface area contributed by atoms with E-state index in [1.54, 1.807) is 5.01 Å². The second kappa shape index (κ2) is 8.42. The number of halogens is 2. The van der Waals surface area contributed by atoms with Gasteiger partial charge in [-0.1, -0.05) is 30.0 Å². The molecule has 144 valence electrons. The van der Waals surface area contributed by atoms with Crippen molar-refractivity contribution < 1.29 is 18.4 Å². The number of carbonyl (C=O) groups is 2. The third kappa shape index (κ3) is 4.70. The van der Waals surface area contributed by atoms with Gasteiger partial charge in [-0.15, -0.1) is 0 Å². The van der Waals surface area contributed by atoms with Crippen LogP contribution in [0, 0.1) is 11.6 Å². The van der Waals surface area contributed by atoms with Gasteiger partial charge in [-0.25, -0.2) is 13.8 Å². The Morgan fingerprint density at radius 1 is 1.26 bits per heavy atom. The van der Waals surface area contributed by atoms with Crippen molar-refractivity contribution in [1.82, 2.24) is 20.2 Å². The lowest BCUT2D eigenvalue weighted by Crippen LogP contribution is -2.54. The Morgan fingerprint density at radius 3 is 2.52 bits per heavy atom. The smallest absolute Gasteiger partial charge is 0.266 e. The van der Waals surface area contributed by atoms with Crippen LogP contribution < -0.4 is 5.43 Å². The SMILES string of the molecule is CN1CCN(NC(=O)CN2C(=O)/C(=C/c3c(F)cccc3F)SC2=S)CC1. The fourth-order valence-corrected chi connectivity index (χ4v) is 3.93. The molecule has 2 heterocycles. The predicted octanol–water partition coefficient (Wildman–Crippen LogP) is 1.44. The molecule has 10 heteroatoms. The molecule has 2 amide bonds. The number of likely N-dealkylation sites (N-methyl/N-ethyl adjacent to an activating group) is 1. The van der Waals surface area contributed by atoms with E-state index >= 15 is 0 Å². The molecule has 0 aromatic heterocycles. The summed E-state index contributed by atoms with van der Waals surface area (Å²) in [4.78, 5) is 28.1. The zero-order valence-electron chi connectivity index (χ0n) is 14.6. The summed E-state index contributed by atoms with van der Waals surface area (Å²) in [6.45, 7) is 2.80. The van der Waals surface area contributed by atoms with Gasteiger partial charge in [0, 0.05) is 31.7 Å². The van der Waals surface area contributed by atoms with Crippen LogP contribution in [-0.2, 0) is 9.59 Å². The summed E-state index contributed by atoms with van der Waals surface area (Å²) in [6, 6.07) is 3.47. The van der Waals surface area contributed by atoms with Gasteiger partial charge in [-0.3, -0.25) is 19.9 Å². The molecule has 0 unspecified atom stereocenters. The monoisotopic (exact) mass is 412 g/mol. The Balaban J connectivity index is 1.66. The first kappa shape index (κ1) is 19.9. The Labute approximate surface area is 165 Å². The summed E-state index contributed by atoms with van der Waals surface area (Å²) in [5.41, 5.74) is 2.45. The number of thiocarbonyl (C=S) groups is 1. The van der Waals surface area contributed by atoms with Crippen molar-refractivity contribution in [2.45, 2.75) is 0 Å². The van der Waals surface area contributed by atoms with Crippen molar-refractivity contribution in [2.24, 2.45) is 0 Å². The Morgan fingerprint density at radius 2 is 1.89 bits per heavy atom. The molecule has 2 saturated heterocycles. The highest BCUT2D eigenvalue weighted by Gasteiger charge is 2.34. The lowest BCUT2D eigenvalue weighted by molar-refractivity contribution is -0.132. The first-order valence-electron chi connectivity index (χ1n) is 8.27. The standard InChI is InChI=1S/C17H18F2N4O2S2/c1-21-5-7-22(8-6-21)20-15(24)10-23-16(25)14(27-17(23)26)9-11-12(18)3-2-4-13(11)19/h2-4,9H,5-8,10H2,1H3,(H,20,24)/b14-9-. The number of nitrogens with one attached hydrogen (secondary N) is 1. The maximum Gasteiger partial charge on any atom is 0.266 e. The van der Waals surface area contributed by atoms with Gasteiger partial charge in [0.25, 0.3) is 11.8 Å². The highest BCUT2D eigenvalue weighted by atomic mass is 32.2. The lowest BCUT2D eigenvalue weighted by atomic mass is 10.2. The summed E-state index contributed by atoms with van der Waals surface area (Å²) in [5, 5.41) is 1.80. The minimum atomic E-state index is -0.770. The van der Waals surface area contributed by atoms with E-state index in [9.17, 15) is 18.4 Å². The van der Waals surface area contributed by atoms with Crippen LogP contribution in [-0.4, -0.2) is 70.7 Å². The maximum absolute atomic E-state index is 13.8. The third-order valence-corrected chi connectivity index (χ3v) is 5.61.